The van der Waals surface area contributed by atoms with Gasteiger partial charge in [0.25, 0.3) is 0 Å². The van der Waals surface area contributed by atoms with Crippen LogP contribution >= 0.6 is 23.2 Å². The van der Waals surface area contributed by atoms with E-state index >= 15 is 0 Å². The second-order valence-electron chi connectivity index (χ2n) is 3.38. The molecule has 2 rings (SSSR count). The summed E-state index contributed by atoms with van der Waals surface area (Å²) in [7, 11) is 0. The molecule has 0 aromatic heterocycles. The van der Waals surface area contributed by atoms with Crippen molar-refractivity contribution in [1.82, 2.24) is 0 Å². The molecule has 0 aliphatic carbocycles. The largest absolute Gasteiger partial charge is 0.424 e. The topological polar surface area (TPSA) is 18.5 Å². The number of benzene rings is 2. The zero-order valence-corrected chi connectivity index (χ0v) is 10.9. The van der Waals surface area contributed by atoms with E-state index in [1.54, 1.807) is 24.3 Å². The van der Waals surface area contributed by atoms with Crippen molar-refractivity contribution in [1.29, 1.82) is 0 Å². The van der Waals surface area contributed by atoms with Crippen LogP contribution in [0.2, 0.25) is 0 Å². The van der Waals surface area contributed by atoms with Crippen LogP contribution in [-0.2, 0) is 0 Å². The highest BCUT2D eigenvalue weighted by atomic mass is 35.5. The molecule has 0 bridgehead atoms. The van der Waals surface area contributed by atoms with Crippen LogP contribution < -0.4 is 9.47 Å². The van der Waals surface area contributed by atoms with E-state index in [9.17, 15) is 0 Å². The molecule has 0 saturated carbocycles. The minimum atomic E-state index is -0.0669. The molecule has 0 spiro atoms. The third kappa shape index (κ3) is 3.69. The quantitative estimate of drug-likeness (QED) is 0.753. The molecule has 2 aromatic rings. The van der Waals surface area contributed by atoms with Gasteiger partial charge in [-0.25, -0.2) is 0 Å². The number of hydrogen-bond acceptors (Lipinski definition) is 2. The van der Waals surface area contributed by atoms with E-state index in [1.807, 2.05) is 36.4 Å². The van der Waals surface area contributed by atoms with Gasteiger partial charge in [-0.3, -0.25) is 0 Å². The molecule has 0 saturated heterocycles. The molecule has 0 heterocycles. The Kier molecular flexibility index (Phi) is 4.51. The molecule has 4 heteroatoms. The Morgan fingerprint density at radius 2 is 1.06 bits per heavy atom. The molecule has 18 heavy (non-hydrogen) atoms. The van der Waals surface area contributed by atoms with Crippen LogP contribution in [0.5, 0.6) is 11.5 Å². The minimum absolute atomic E-state index is 0.0516. The maximum absolute atomic E-state index is 5.74. The monoisotopic (exact) mass is 280 g/mol. The Balaban J connectivity index is 2.14. The minimum Gasteiger partial charge on any atom is -0.424 e. The van der Waals surface area contributed by atoms with Crippen molar-refractivity contribution in [3.8, 4) is 11.5 Å². The third-order valence-electron chi connectivity index (χ3n) is 2.06. The fraction of sp³-hybridized carbons (Fsp3) is 0. The molecule has 0 aliphatic rings. The van der Waals surface area contributed by atoms with Gasteiger partial charge < -0.3 is 9.47 Å². The van der Waals surface area contributed by atoms with Gasteiger partial charge in [0.2, 0.25) is 0 Å². The third-order valence-corrected chi connectivity index (χ3v) is 2.37. The SMILES string of the molecule is ClC(Cl)=C(Oc1ccccc1)Oc1ccccc1. The van der Waals surface area contributed by atoms with Gasteiger partial charge in [-0.15, -0.1) is 0 Å². The van der Waals surface area contributed by atoms with Crippen LogP contribution in [-0.4, -0.2) is 0 Å². The van der Waals surface area contributed by atoms with Crippen molar-refractivity contribution in [2.24, 2.45) is 0 Å². The average molecular weight is 281 g/mol. The lowest BCUT2D eigenvalue weighted by molar-refractivity contribution is 0.226. The summed E-state index contributed by atoms with van der Waals surface area (Å²) in [6.07, 6.45) is 0. The molecule has 0 N–H and O–H groups in total. The van der Waals surface area contributed by atoms with Crippen molar-refractivity contribution >= 4 is 23.2 Å². The first-order valence-corrected chi connectivity index (χ1v) is 6.02. The van der Waals surface area contributed by atoms with Crippen molar-refractivity contribution in [2.75, 3.05) is 0 Å². The van der Waals surface area contributed by atoms with E-state index in [0.29, 0.717) is 11.5 Å². The first-order chi connectivity index (χ1) is 8.75. The van der Waals surface area contributed by atoms with Crippen molar-refractivity contribution in [3.63, 3.8) is 0 Å². The zero-order valence-electron chi connectivity index (χ0n) is 9.35. The second kappa shape index (κ2) is 6.34. The van der Waals surface area contributed by atoms with Crippen LogP contribution in [0.4, 0.5) is 0 Å². The molecule has 0 radical (unpaired) electrons. The lowest BCUT2D eigenvalue weighted by Crippen LogP contribution is -2.04. The number of rotatable bonds is 4. The van der Waals surface area contributed by atoms with Crippen molar-refractivity contribution in [2.45, 2.75) is 0 Å². The van der Waals surface area contributed by atoms with Gasteiger partial charge in [0.15, 0.2) is 4.49 Å². The average Bonchev–Trinajstić information content (AvgIpc) is 2.40. The smallest absolute Gasteiger partial charge is 0.322 e. The summed E-state index contributed by atoms with van der Waals surface area (Å²) in [5.74, 6) is 1.25. The number of para-hydroxylation sites is 2. The van der Waals surface area contributed by atoms with Gasteiger partial charge in [0.1, 0.15) is 11.5 Å². The Hall–Kier alpha value is -1.64. The molecule has 0 atom stereocenters. The highest BCUT2D eigenvalue weighted by molar-refractivity contribution is 6.56. The first-order valence-electron chi connectivity index (χ1n) is 5.27. The summed E-state index contributed by atoms with van der Waals surface area (Å²) in [6.45, 7) is 0. The van der Waals surface area contributed by atoms with E-state index in [0.717, 1.165) is 0 Å². The Bertz CT molecular complexity index is 477. The van der Waals surface area contributed by atoms with Gasteiger partial charge in [0.05, 0.1) is 0 Å². The number of hydrogen-bond donors (Lipinski definition) is 0. The fourth-order valence-electron chi connectivity index (χ4n) is 1.29. The van der Waals surface area contributed by atoms with Crippen LogP contribution in [0.3, 0.4) is 0 Å². The normalized spacial score (nSPS) is 9.67. The van der Waals surface area contributed by atoms with Crippen molar-refractivity contribution in [3.05, 3.63) is 71.1 Å². The van der Waals surface area contributed by atoms with E-state index in [2.05, 4.69) is 0 Å². The second-order valence-corrected chi connectivity index (χ2v) is 4.33. The molecule has 0 aliphatic heterocycles. The van der Waals surface area contributed by atoms with Gasteiger partial charge in [0, 0.05) is 0 Å². The maximum Gasteiger partial charge on any atom is 0.322 e. The maximum atomic E-state index is 5.74. The van der Waals surface area contributed by atoms with Gasteiger partial charge in [-0.2, -0.15) is 0 Å². The summed E-state index contributed by atoms with van der Waals surface area (Å²) in [5, 5.41) is 0. The number of halogens is 2. The summed E-state index contributed by atoms with van der Waals surface area (Å²) >= 11 is 11.5. The Morgan fingerprint density at radius 1 is 0.667 bits per heavy atom. The Labute approximate surface area is 115 Å². The predicted molar refractivity (Wildman–Crippen MR) is 72.9 cm³/mol. The molecule has 0 unspecified atom stereocenters. The zero-order chi connectivity index (χ0) is 12.8. The van der Waals surface area contributed by atoms with E-state index in [1.165, 1.54) is 0 Å². The molecular weight excluding hydrogens is 271 g/mol. The van der Waals surface area contributed by atoms with Crippen molar-refractivity contribution < 1.29 is 9.47 Å². The Morgan fingerprint density at radius 3 is 1.39 bits per heavy atom. The predicted octanol–water partition coefficient (Wildman–Crippen LogP) is 4.75. The van der Waals surface area contributed by atoms with Gasteiger partial charge in [-0.1, -0.05) is 59.6 Å². The highest BCUT2D eigenvalue weighted by Crippen LogP contribution is 2.23. The van der Waals surface area contributed by atoms with Gasteiger partial charge >= 0.3 is 5.95 Å². The molecule has 0 amide bonds. The summed E-state index contributed by atoms with van der Waals surface area (Å²) in [5.41, 5.74) is 0. The molecular formula is C14H10Cl2O2. The van der Waals surface area contributed by atoms with Crippen LogP contribution in [0.15, 0.2) is 71.1 Å². The fourth-order valence-corrected chi connectivity index (χ4v) is 1.44. The van der Waals surface area contributed by atoms with Crippen LogP contribution in [0.25, 0.3) is 0 Å². The summed E-state index contributed by atoms with van der Waals surface area (Å²) in [6, 6.07) is 18.3. The first kappa shape index (κ1) is 12.8. The summed E-state index contributed by atoms with van der Waals surface area (Å²) in [4.78, 5) is 0. The van der Waals surface area contributed by atoms with E-state index in [4.69, 9.17) is 32.7 Å². The van der Waals surface area contributed by atoms with E-state index in [-0.39, 0.29) is 10.4 Å². The van der Waals surface area contributed by atoms with Gasteiger partial charge in [-0.05, 0) is 24.3 Å². The van der Waals surface area contributed by atoms with E-state index < -0.39 is 0 Å². The lowest BCUT2D eigenvalue weighted by Gasteiger charge is -2.11. The lowest BCUT2D eigenvalue weighted by atomic mass is 10.3. The van der Waals surface area contributed by atoms with Crippen LogP contribution in [0, 0.1) is 0 Å². The standard InChI is InChI=1S/C14H10Cl2O2/c15-13(16)14(17-11-7-3-1-4-8-11)18-12-9-5-2-6-10-12/h1-10H. The highest BCUT2D eigenvalue weighted by Gasteiger charge is 2.09. The molecule has 0 fully saturated rings. The molecule has 2 nitrogen and oxygen atoms in total. The van der Waals surface area contributed by atoms with Crippen LogP contribution in [0.1, 0.15) is 0 Å². The number of ether oxygens (including phenoxy) is 2. The summed E-state index contributed by atoms with van der Waals surface area (Å²) < 4.78 is 10.9. The molecule has 92 valence electrons. The molecule has 2 aromatic carbocycles.